The Labute approximate surface area is 169 Å². The van der Waals surface area contributed by atoms with Gasteiger partial charge < -0.3 is 11.1 Å². The molecular formula is C18H14BrN5O2S. The Bertz CT molecular complexity index is 1030. The van der Waals surface area contributed by atoms with E-state index in [1.54, 1.807) is 42.5 Å². The van der Waals surface area contributed by atoms with Crippen molar-refractivity contribution < 1.29 is 9.59 Å². The second kappa shape index (κ2) is 7.29. The van der Waals surface area contributed by atoms with Crippen LogP contribution in [0.4, 0.5) is 10.8 Å². The minimum Gasteiger partial charge on any atom is -0.370 e. The van der Waals surface area contributed by atoms with E-state index in [4.69, 9.17) is 11.1 Å². The second-order valence-electron chi connectivity index (χ2n) is 5.62. The second-order valence-corrected chi connectivity index (χ2v) is 6.48. The predicted molar refractivity (Wildman–Crippen MR) is 111 cm³/mol. The molecule has 2 aromatic carbocycles. The van der Waals surface area contributed by atoms with Crippen molar-refractivity contribution in [2.24, 2.45) is 5.73 Å². The topological polar surface area (TPSA) is 112 Å². The lowest BCUT2D eigenvalue weighted by Crippen LogP contribution is -2.29. The summed E-state index contributed by atoms with van der Waals surface area (Å²) in [5, 5.41) is 12.2. The number of benzene rings is 2. The SMILES string of the molecule is Br.N=C(N)Nc1nc(-c2cccc(N3C(=O)c4ccccc4C3=O)c2)cs1. The highest BCUT2D eigenvalue weighted by atomic mass is 79.9. The van der Waals surface area contributed by atoms with Crippen molar-refractivity contribution in [3.8, 4) is 11.3 Å². The van der Waals surface area contributed by atoms with E-state index in [1.807, 2.05) is 11.4 Å². The molecule has 2 heterocycles. The number of hydrogen-bond donors (Lipinski definition) is 3. The fourth-order valence-corrected chi connectivity index (χ4v) is 3.54. The van der Waals surface area contributed by atoms with E-state index in [-0.39, 0.29) is 34.8 Å². The first kappa shape index (κ1) is 18.7. The number of carbonyl (C=O) groups excluding carboxylic acids is 2. The minimum atomic E-state index is -0.333. The number of nitrogens with one attached hydrogen (secondary N) is 2. The van der Waals surface area contributed by atoms with Crippen molar-refractivity contribution in [2.75, 3.05) is 10.2 Å². The Morgan fingerprint density at radius 2 is 1.74 bits per heavy atom. The number of fused-ring (bicyclic) bond motifs is 1. The number of rotatable bonds is 3. The molecule has 0 fully saturated rings. The van der Waals surface area contributed by atoms with Crippen LogP contribution in [0.3, 0.4) is 0 Å². The molecule has 1 aliphatic heterocycles. The summed E-state index contributed by atoms with van der Waals surface area (Å²) >= 11 is 1.31. The number of amides is 2. The first-order valence-electron chi connectivity index (χ1n) is 7.69. The number of aromatic nitrogens is 1. The van der Waals surface area contributed by atoms with Gasteiger partial charge in [-0.2, -0.15) is 0 Å². The van der Waals surface area contributed by atoms with Crippen molar-refractivity contribution >= 4 is 56.9 Å². The average molecular weight is 444 g/mol. The smallest absolute Gasteiger partial charge is 0.266 e. The van der Waals surface area contributed by atoms with Crippen molar-refractivity contribution in [2.45, 2.75) is 0 Å². The number of nitrogens with two attached hydrogens (primary N) is 1. The van der Waals surface area contributed by atoms with Crippen molar-refractivity contribution in [1.82, 2.24) is 4.98 Å². The van der Waals surface area contributed by atoms with Crippen LogP contribution in [0.5, 0.6) is 0 Å². The lowest BCUT2D eigenvalue weighted by atomic mass is 10.1. The fraction of sp³-hybridized carbons (Fsp3) is 0. The summed E-state index contributed by atoms with van der Waals surface area (Å²) in [6, 6.07) is 13.9. The molecule has 0 saturated heterocycles. The molecule has 0 spiro atoms. The molecule has 27 heavy (non-hydrogen) atoms. The lowest BCUT2D eigenvalue weighted by molar-refractivity contribution is 0.0926. The van der Waals surface area contributed by atoms with Crippen LogP contribution in [0.15, 0.2) is 53.9 Å². The fourth-order valence-electron chi connectivity index (χ4n) is 2.81. The molecule has 136 valence electrons. The Balaban J connectivity index is 0.00000210. The van der Waals surface area contributed by atoms with Gasteiger partial charge in [-0.25, -0.2) is 9.88 Å². The Morgan fingerprint density at radius 3 is 2.37 bits per heavy atom. The minimum absolute atomic E-state index is 0. The highest BCUT2D eigenvalue weighted by Gasteiger charge is 2.36. The third-order valence-electron chi connectivity index (χ3n) is 3.94. The number of halogens is 1. The van der Waals surface area contributed by atoms with Crippen molar-refractivity contribution in [1.29, 1.82) is 5.41 Å². The maximum Gasteiger partial charge on any atom is 0.266 e. The maximum atomic E-state index is 12.6. The van der Waals surface area contributed by atoms with Crippen molar-refractivity contribution in [3.05, 3.63) is 65.0 Å². The molecule has 3 aromatic rings. The highest BCUT2D eigenvalue weighted by molar-refractivity contribution is 8.93. The molecule has 7 nitrogen and oxygen atoms in total. The van der Waals surface area contributed by atoms with Crippen LogP contribution in [0.1, 0.15) is 20.7 Å². The Kier molecular flexibility index (Phi) is 5.06. The molecule has 0 unspecified atom stereocenters. The summed E-state index contributed by atoms with van der Waals surface area (Å²) in [6.45, 7) is 0. The third kappa shape index (κ3) is 3.34. The quantitative estimate of drug-likeness (QED) is 0.325. The van der Waals surface area contributed by atoms with E-state index in [0.717, 1.165) is 5.56 Å². The predicted octanol–water partition coefficient (Wildman–Crippen LogP) is 3.49. The van der Waals surface area contributed by atoms with Gasteiger partial charge in [0, 0.05) is 10.9 Å². The highest BCUT2D eigenvalue weighted by Crippen LogP contribution is 2.32. The molecule has 0 saturated carbocycles. The zero-order valence-electron chi connectivity index (χ0n) is 13.8. The van der Waals surface area contributed by atoms with E-state index < -0.39 is 0 Å². The van der Waals surface area contributed by atoms with E-state index in [1.165, 1.54) is 16.2 Å². The average Bonchev–Trinajstić information content (AvgIpc) is 3.19. The van der Waals surface area contributed by atoms with Gasteiger partial charge in [0.05, 0.1) is 22.5 Å². The number of thiazole rings is 1. The number of imide groups is 1. The first-order valence-corrected chi connectivity index (χ1v) is 8.57. The Hall–Kier alpha value is -3.04. The van der Waals surface area contributed by atoms with Crippen LogP contribution in [0.2, 0.25) is 0 Å². The molecule has 4 N–H and O–H groups in total. The van der Waals surface area contributed by atoms with Crippen molar-refractivity contribution in [3.63, 3.8) is 0 Å². The van der Waals surface area contributed by atoms with E-state index in [9.17, 15) is 9.59 Å². The molecule has 9 heteroatoms. The first-order chi connectivity index (χ1) is 12.5. The molecule has 0 atom stereocenters. The molecule has 0 bridgehead atoms. The maximum absolute atomic E-state index is 12.6. The van der Waals surface area contributed by atoms with Gasteiger partial charge in [0.25, 0.3) is 11.8 Å². The van der Waals surface area contributed by atoms with Crippen LogP contribution in [0, 0.1) is 5.41 Å². The van der Waals surface area contributed by atoms with Gasteiger partial charge in [0.15, 0.2) is 11.1 Å². The summed E-state index contributed by atoms with van der Waals surface area (Å²) in [5.41, 5.74) is 8.03. The van der Waals surface area contributed by atoms with Gasteiger partial charge in [-0.1, -0.05) is 24.3 Å². The van der Waals surface area contributed by atoms with Crippen LogP contribution < -0.4 is 16.0 Å². The van der Waals surface area contributed by atoms with E-state index in [2.05, 4.69) is 10.3 Å². The van der Waals surface area contributed by atoms with Gasteiger partial charge in [-0.3, -0.25) is 15.0 Å². The summed E-state index contributed by atoms with van der Waals surface area (Å²) in [4.78, 5) is 30.8. The van der Waals surface area contributed by atoms with E-state index >= 15 is 0 Å². The summed E-state index contributed by atoms with van der Waals surface area (Å²) in [7, 11) is 0. The molecule has 0 aliphatic carbocycles. The zero-order valence-corrected chi connectivity index (χ0v) is 16.3. The van der Waals surface area contributed by atoms with Gasteiger partial charge in [0.1, 0.15) is 0 Å². The largest absolute Gasteiger partial charge is 0.370 e. The number of hydrogen-bond acceptors (Lipinski definition) is 5. The molecule has 1 aliphatic rings. The van der Waals surface area contributed by atoms with Crippen LogP contribution in [-0.2, 0) is 0 Å². The number of nitrogens with zero attached hydrogens (tertiary/aromatic N) is 2. The van der Waals surface area contributed by atoms with Crippen LogP contribution >= 0.6 is 28.3 Å². The molecule has 0 radical (unpaired) electrons. The van der Waals surface area contributed by atoms with Crippen LogP contribution in [-0.4, -0.2) is 22.8 Å². The molecule has 2 amide bonds. The summed E-state index contributed by atoms with van der Waals surface area (Å²) in [5.74, 6) is -0.856. The molecular weight excluding hydrogens is 430 g/mol. The monoisotopic (exact) mass is 443 g/mol. The summed E-state index contributed by atoms with van der Waals surface area (Å²) in [6.07, 6.45) is 0. The van der Waals surface area contributed by atoms with Crippen LogP contribution in [0.25, 0.3) is 11.3 Å². The number of guanidine groups is 1. The zero-order chi connectivity index (χ0) is 18.3. The van der Waals surface area contributed by atoms with Gasteiger partial charge in [-0.15, -0.1) is 28.3 Å². The van der Waals surface area contributed by atoms with Gasteiger partial charge >= 0.3 is 0 Å². The molecule has 4 rings (SSSR count). The standard InChI is InChI=1S/C18H13N5O2S.BrH/c19-17(20)22-18-21-14(9-26-18)10-4-3-5-11(8-10)23-15(24)12-6-1-2-7-13(12)16(23)25;/h1-9H,(H4,19,20,21,22);1H. The third-order valence-corrected chi connectivity index (χ3v) is 4.70. The van der Waals surface area contributed by atoms with E-state index in [0.29, 0.717) is 27.6 Å². The summed E-state index contributed by atoms with van der Waals surface area (Å²) < 4.78 is 0. The van der Waals surface area contributed by atoms with Gasteiger partial charge in [-0.05, 0) is 24.3 Å². The molecule has 1 aromatic heterocycles. The Morgan fingerprint density at radius 1 is 1.07 bits per heavy atom. The number of carbonyl (C=O) groups is 2. The van der Waals surface area contributed by atoms with Gasteiger partial charge in [0.2, 0.25) is 0 Å². The normalized spacial score (nSPS) is 12.5. The lowest BCUT2D eigenvalue weighted by Gasteiger charge is -2.14. The number of anilines is 2.